The van der Waals surface area contributed by atoms with Crippen LogP contribution in [0.5, 0.6) is 0 Å². The predicted molar refractivity (Wildman–Crippen MR) is 85.4 cm³/mol. The number of fused-ring (bicyclic) bond motifs is 2. The topological polar surface area (TPSA) is 30.7 Å². The molecule has 100 valence electrons. The van der Waals surface area contributed by atoms with Gasteiger partial charge >= 0.3 is 0 Å². The van der Waals surface area contributed by atoms with Crippen molar-refractivity contribution in [2.75, 3.05) is 0 Å². The zero-order valence-electron chi connectivity index (χ0n) is 12.0. The van der Waals surface area contributed by atoms with E-state index in [0.717, 1.165) is 39.2 Å². The van der Waals surface area contributed by atoms with Crippen molar-refractivity contribution in [3.05, 3.63) is 59.2 Å². The summed E-state index contributed by atoms with van der Waals surface area (Å²) in [4.78, 5) is 0. The average Bonchev–Trinajstić information content (AvgIpc) is 3.03. The van der Waals surface area contributed by atoms with Crippen molar-refractivity contribution >= 4 is 7.85 Å². The average molecular weight is 279 g/mol. The first-order valence-corrected chi connectivity index (χ1v) is 7.18. The molecule has 0 unspecified atom stereocenters. The third kappa shape index (κ3) is 1.25. The van der Waals surface area contributed by atoms with E-state index in [1.54, 1.807) is 0 Å². The van der Waals surface area contributed by atoms with Crippen LogP contribution < -0.4 is 0 Å². The highest BCUT2D eigenvalue weighted by atomic mass is 15.5. The highest BCUT2D eigenvalue weighted by molar-refractivity contribution is 6.18. The maximum atomic E-state index is 6.55. The van der Waals surface area contributed by atoms with E-state index in [4.69, 9.17) is 7.85 Å². The van der Waals surface area contributed by atoms with Gasteiger partial charge in [0.2, 0.25) is 0 Å². The minimum atomic E-state index is -0.701. The number of nitrogens with zero attached hydrogens (tertiary/aromatic N) is 3. The van der Waals surface area contributed by atoms with E-state index in [0.29, 0.717) is 0 Å². The third-order valence-electron chi connectivity index (χ3n) is 4.47. The molecule has 0 bridgehead atoms. The largest absolute Gasteiger partial charge is 0.243 e. The predicted octanol–water partition coefficient (Wildman–Crippen LogP) is 2.53. The molecule has 1 aromatic heterocycles. The molecule has 1 atom stereocenters. The molecule has 0 saturated heterocycles. The van der Waals surface area contributed by atoms with Crippen LogP contribution in [0.2, 0.25) is 0 Å². The molecule has 2 aromatic carbocycles. The van der Waals surface area contributed by atoms with Crippen molar-refractivity contribution < 1.29 is 0 Å². The van der Waals surface area contributed by atoms with Gasteiger partial charge in [-0.05, 0) is 24.6 Å². The van der Waals surface area contributed by atoms with Gasteiger partial charge in [-0.25, -0.2) is 4.68 Å². The number of hydrogen-bond acceptors (Lipinski definition) is 2. The van der Waals surface area contributed by atoms with Crippen LogP contribution in [-0.4, -0.2) is 22.8 Å². The lowest BCUT2D eigenvalue weighted by Gasteiger charge is -2.21. The summed E-state index contributed by atoms with van der Waals surface area (Å²) in [5.74, 6) is 6.55. The molecule has 5 rings (SSSR count). The van der Waals surface area contributed by atoms with Gasteiger partial charge in [-0.2, -0.15) is 0 Å². The van der Waals surface area contributed by atoms with E-state index in [1.165, 1.54) is 0 Å². The molecule has 0 saturated carbocycles. The van der Waals surface area contributed by atoms with Crippen molar-refractivity contribution in [3.8, 4) is 34.4 Å². The van der Waals surface area contributed by atoms with E-state index in [2.05, 4.69) is 22.2 Å². The van der Waals surface area contributed by atoms with Gasteiger partial charge in [0.05, 0.1) is 5.69 Å². The number of hydrogen-bond donors (Lipinski definition) is 0. The Kier molecular flexibility index (Phi) is 1.98. The summed E-state index contributed by atoms with van der Waals surface area (Å²) < 4.78 is 1.82. The molecule has 1 aliphatic carbocycles. The fourth-order valence-corrected chi connectivity index (χ4v) is 3.39. The quantitative estimate of drug-likeness (QED) is 0.366. The van der Waals surface area contributed by atoms with Gasteiger partial charge in [-0.1, -0.05) is 47.4 Å². The van der Waals surface area contributed by atoms with E-state index in [9.17, 15) is 0 Å². The van der Waals surface area contributed by atoms with Crippen molar-refractivity contribution in [1.29, 1.82) is 0 Å². The van der Waals surface area contributed by atoms with Crippen LogP contribution in [0, 0.1) is 11.8 Å². The summed E-state index contributed by atoms with van der Waals surface area (Å²) in [6, 6.07) is 14.1. The van der Waals surface area contributed by atoms with Crippen LogP contribution in [0.25, 0.3) is 22.5 Å². The zero-order chi connectivity index (χ0) is 14.9. The molecule has 3 aromatic rings. The normalized spacial score (nSPS) is 19.5. The Labute approximate surface area is 129 Å². The Morgan fingerprint density at radius 3 is 2.73 bits per heavy atom. The van der Waals surface area contributed by atoms with Crippen molar-refractivity contribution in [3.63, 3.8) is 0 Å². The van der Waals surface area contributed by atoms with Gasteiger partial charge in [0.1, 0.15) is 13.5 Å². The Morgan fingerprint density at radius 2 is 1.82 bits per heavy atom. The smallest absolute Gasteiger partial charge is 0.122 e. The lowest BCUT2D eigenvalue weighted by atomic mass is 9.74. The molecular formula is C18H10BN3. The zero-order valence-corrected chi connectivity index (χ0v) is 12.0. The first kappa shape index (κ1) is 11.8. The van der Waals surface area contributed by atoms with Crippen LogP contribution >= 0.6 is 0 Å². The van der Waals surface area contributed by atoms with E-state index in [1.807, 2.05) is 54.1 Å². The van der Waals surface area contributed by atoms with Gasteiger partial charge in [0, 0.05) is 27.7 Å². The molecule has 2 radical (unpaired) electrons. The summed E-state index contributed by atoms with van der Waals surface area (Å²) in [7, 11) is 6.55. The molecule has 3 nitrogen and oxygen atoms in total. The first-order valence-electron chi connectivity index (χ1n) is 7.18. The Balaban J connectivity index is 2.02. The summed E-state index contributed by atoms with van der Waals surface area (Å²) in [5.41, 5.74) is 6.18. The molecule has 1 aliphatic heterocycles. The fraction of sp³-hybridized carbons (Fsp3) is 0.111. The number of aromatic nitrogens is 3. The maximum Gasteiger partial charge on any atom is 0.122 e. The van der Waals surface area contributed by atoms with Gasteiger partial charge in [-0.15, -0.1) is 5.10 Å². The monoisotopic (exact) mass is 279 g/mol. The number of benzene rings is 2. The van der Waals surface area contributed by atoms with E-state index < -0.39 is 5.44 Å². The summed E-state index contributed by atoms with van der Waals surface area (Å²) >= 11 is 0. The van der Waals surface area contributed by atoms with Crippen LogP contribution in [0.15, 0.2) is 42.5 Å². The standard InChI is InChI=1S/C18H10BN3/c1-18(19)14-8-4-6-12-10-9-11-5-2-3-7-13(11)16-17(15(12)14)22(18)21-20-16/h2-8H,1H3/t18-/m1/s1. The van der Waals surface area contributed by atoms with Gasteiger partial charge < -0.3 is 0 Å². The SMILES string of the molecule is [B][C@@]1(C)c2cccc3c2-c2c(nnn21)-c1ccccc1C#C3. The number of rotatable bonds is 0. The van der Waals surface area contributed by atoms with Gasteiger partial charge in [0.15, 0.2) is 0 Å². The maximum absolute atomic E-state index is 6.55. The minimum Gasteiger partial charge on any atom is -0.243 e. The highest BCUT2D eigenvalue weighted by Gasteiger charge is 2.40. The van der Waals surface area contributed by atoms with E-state index >= 15 is 0 Å². The Morgan fingerprint density at radius 1 is 1.05 bits per heavy atom. The van der Waals surface area contributed by atoms with Crippen molar-refractivity contribution in [2.24, 2.45) is 0 Å². The van der Waals surface area contributed by atoms with Crippen LogP contribution in [0.3, 0.4) is 0 Å². The highest BCUT2D eigenvalue weighted by Crippen LogP contribution is 2.47. The van der Waals surface area contributed by atoms with Gasteiger partial charge in [0.25, 0.3) is 0 Å². The molecule has 2 aliphatic rings. The van der Waals surface area contributed by atoms with Crippen LogP contribution in [-0.2, 0) is 5.44 Å². The lowest BCUT2D eigenvalue weighted by Crippen LogP contribution is -2.29. The molecule has 0 N–H and O–H groups in total. The second-order valence-corrected chi connectivity index (χ2v) is 5.87. The van der Waals surface area contributed by atoms with Crippen LogP contribution in [0.4, 0.5) is 0 Å². The molecule has 4 heteroatoms. The Hall–Kier alpha value is -2.80. The molecule has 22 heavy (non-hydrogen) atoms. The molecule has 0 amide bonds. The lowest BCUT2D eigenvalue weighted by molar-refractivity contribution is 0.507. The molecule has 0 fully saturated rings. The second-order valence-electron chi connectivity index (χ2n) is 5.87. The summed E-state index contributed by atoms with van der Waals surface area (Å²) in [5, 5.41) is 8.74. The van der Waals surface area contributed by atoms with Crippen molar-refractivity contribution in [2.45, 2.75) is 12.4 Å². The Bertz CT molecular complexity index is 1020. The summed E-state index contributed by atoms with van der Waals surface area (Å²) in [6.07, 6.45) is 0. The minimum absolute atomic E-state index is 0.701. The molecule has 0 spiro atoms. The molecule has 2 heterocycles. The van der Waals surface area contributed by atoms with E-state index in [-0.39, 0.29) is 0 Å². The summed E-state index contributed by atoms with van der Waals surface area (Å²) in [6.45, 7) is 1.96. The first-order chi connectivity index (χ1) is 10.7. The molecular weight excluding hydrogens is 269 g/mol. The fourth-order valence-electron chi connectivity index (χ4n) is 3.39. The second kappa shape index (κ2) is 3.69. The van der Waals surface area contributed by atoms with Crippen molar-refractivity contribution in [1.82, 2.24) is 15.0 Å². The van der Waals surface area contributed by atoms with Gasteiger partial charge in [-0.3, -0.25) is 0 Å². The van der Waals surface area contributed by atoms with Crippen LogP contribution in [0.1, 0.15) is 23.6 Å². The third-order valence-corrected chi connectivity index (χ3v) is 4.47.